The van der Waals surface area contributed by atoms with Crippen molar-refractivity contribution >= 4 is 7.12 Å². The van der Waals surface area contributed by atoms with E-state index in [2.05, 4.69) is 13.8 Å². The predicted octanol–water partition coefficient (Wildman–Crippen LogP) is 1.38. The molecule has 3 heteroatoms. The number of rotatable bonds is 2. The Labute approximate surface area is 74.4 Å². The van der Waals surface area contributed by atoms with Gasteiger partial charge in [-0.2, -0.15) is 0 Å². The van der Waals surface area contributed by atoms with Crippen molar-refractivity contribution < 1.29 is 10.0 Å². The summed E-state index contributed by atoms with van der Waals surface area (Å²) < 4.78 is 0. The molecule has 0 amide bonds. The molecule has 0 spiro atoms. The lowest BCUT2D eigenvalue weighted by Crippen LogP contribution is -2.21. The van der Waals surface area contributed by atoms with Crippen molar-refractivity contribution in [2.24, 2.45) is 11.8 Å². The van der Waals surface area contributed by atoms with Crippen LogP contribution >= 0.6 is 0 Å². The molecule has 0 heterocycles. The Morgan fingerprint density at radius 3 is 2.50 bits per heavy atom. The smallest absolute Gasteiger partial charge is 0.423 e. The molecule has 0 aromatic carbocycles. The van der Waals surface area contributed by atoms with Crippen molar-refractivity contribution in [2.75, 3.05) is 0 Å². The van der Waals surface area contributed by atoms with Gasteiger partial charge in [0.05, 0.1) is 0 Å². The lowest BCUT2D eigenvalue weighted by molar-refractivity contribution is 0.345. The van der Waals surface area contributed by atoms with E-state index in [1.165, 1.54) is 0 Å². The third-order valence-electron chi connectivity index (χ3n) is 2.76. The highest BCUT2D eigenvalue weighted by Crippen LogP contribution is 2.29. The maximum Gasteiger partial charge on any atom is 0.483 e. The second kappa shape index (κ2) is 4.10. The zero-order chi connectivity index (χ0) is 9.14. The maximum absolute atomic E-state index is 8.89. The Hall–Kier alpha value is -0.275. The Morgan fingerprint density at radius 2 is 2.17 bits per heavy atom. The molecule has 68 valence electrons. The van der Waals surface area contributed by atoms with Gasteiger partial charge in [-0.15, -0.1) is 0 Å². The summed E-state index contributed by atoms with van der Waals surface area (Å²) in [4.78, 5) is 0. The minimum Gasteiger partial charge on any atom is -0.423 e. The molecule has 1 atom stereocenters. The van der Waals surface area contributed by atoms with Gasteiger partial charge in [0.15, 0.2) is 0 Å². The fraction of sp³-hybridized carbons (Fsp3) is 0.778. The highest BCUT2D eigenvalue weighted by molar-refractivity contribution is 6.50. The Kier molecular flexibility index (Phi) is 3.35. The fourth-order valence-corrected chi connectivity index (χ4v) is 1.71. The second-order valence-electron chi connectivity index (χ2n) is 3.93. The SMILES string of the molecule is CC(C)C1CC=C(B(O)O)CC1. The molecule has 0 aromatic rings. The van der Waals surface area contributed by atoms with Crippen molar-refractivity contribution in [3.05, 3.63) is 11.5 Å². The van der Waals surface area contributed by atoms with E-state index in [9.17, 15) is 0 Å². The first-order valence-corrected chi connectivity index (χ1v) is 4.66. The van der Waals surface area contributed by atoms with Crippen LogP contribution in [0.3, 0.4) is 0 Å². The molecule has 12 heavy (non-hydrogen) atoms. The van der Waals surface area contributed by atoms with Crippen LogP contribution < -0.4 is 0 Å². The summed E-state index contributed by atoms with van der Waals surface area (Å²) in [5.41, 5.74) is 0.798. The predicted molar refractivity (Wildman–Crippen MR) is 50.5 cm³/mol. The van der Waals surface area contributed by atoms with Crippen LogP contribution in [-0.4, -0.2) is 17.2 Å². The first kappa shape index (κ1) is 9.81. The summed E-state index contributed by atoms with van der Waals surface area (Å²) in [5, 5.41) is 17.8. The molecule has 1 aliphatic carbocycles. The van der Waals surface area contributed by atoms with Crippen LogP contribution in [0.2, 0.25) is 0 Å². The van der Waals surface area contributed by atoms with E-state index in [0.29, 0.717) is 5.92 Å². The molecule has 1 unspecified atom stereocenters. The third kappa shape index (κ3) is 2.36. The topological polar surface area (TPSA) is 40.5 Å². The van der Waals surface area contributed by atoms with Gasteiger partial charge in [0.1, 0.15) is 0 Å². The molecule has 1 rings (SSSR count). The van der Waals surface area contributed by atoms with Gasteiger partial charge in [0.2, 0.25) is 0 Å². The largest absolute Gasteiger partial charge is 0.483 e. The standard InChI is InChI=1S/C9H17BO2/c1-7(2)8-3-5-9(6-4-8)10(11)12/h5,7-8,11-12H,3-4,6H2,1-2H3. The van der Waals surface area contributed by atoms with E-state index < -0.39 is 7.12 Å². The quantitative estimate of drug-likeness (QED) is 0.611. The van der Waals surface area contributed by atoms with Crippen molar-refractivity contribution in [1.82, 2.24) is 0 Å². The lowest BCUT2D eigenvalue weighted by atomic mass is 9.70. The van der Waals surface area contributed by atoms with Crippen molar-refractivity contribution in [1.29, 1.82) is 0 Å². The fourth-order valence-electron chi connectivity index (χ4n) is 1.71. The minimum absolute atomic E-state index is 0.707. The van der Waals surface area contributed by atoms with Gasteiger partial charge < -0.3 is 10.0 Å². The first-order chi connectivity index (χ1) is 5.61. The van der Waals surface area contributed by atoms with Crippen LogP contribution in [0.25, 0.3) is 0 Å². The average molecular weight is 168 g/mol. The molecule has 1 aliphatic rings. The molecule has 0 aromatic heterocycles. The number of hydrogen-bond acceptors (Lipinski definition) is 2. The van der Waals surface area contributed by atoms with Gasteiger partial charge >= 0.3 is 7.12 Å². The molecular formula is C9H17BO2. The van der Waals surface area contributed by atoms with Gasteiger partial charge in [0.25, 0.3) is 0 Å². The minimum atomic E-state index is -1.22. The highest BCUT2D eigenvalue weighted by atomic mass is 16.4. The van der Waals surface area contributed by atoms with Crippen LogP contribution in [0.4, 0.5) is 0 Å². The molecule has 2 nitrogen and oxygen atoms in total. The van der Waals surface area contributed by atoms with Gasteiger partial charge in [-0.3, -0.25) is 0 Å². The average Bonchev–Trinajstić information content (AvgIpc) is 2.04. The summed E-state index contributed by atoms with van der Waals surface area (Å²) >= 11 is 0. The summed E-state index contributed by atoms with van der Waals surface area (Å²) in [6, 6.07) is 0. The van der Waals surface area contributed by atoms with Crippen LogP contribution in [-0.2, 0) is 0 Å². The lowest BCUT2D eigenvalue weighted by Gasteiger charge is -2.24. The Bertz CT molecular complexity index is 175. The van der Waals surface area contributed by atoms with Crippen LogP contribution in [0.5, 0.6) is 0 Å². The van der Waals surface area contributed by atoms with Gasteiger partial charge in [-0.05, 0) is 36.6 Å². The van der Waals surface area contributed by atoms with Crippen LogP contribution in [0, 0.1) is 11.8 Å². The molecular weight excluding hydrogens is 151 g/mol. The molecule has 0 saturated carbocycles. The molecule has 0 fully saturated rings. The molecule has 2 N–H and O–H groups in total. The van der Waals surface area contributed by atoms with Crippen LogP contribution in [0.1, 0.15) is 33.1 Å². The van der Waals surface area contributed by atoms with Crippen LogP contribution in [0.15, 0.2) is 11.5 Å². The molecule has 0 bridgehead atoms. The zero-order valence-corrected chi connectivity index (χ0v) is 7.83. The maximum atomic E-state index is 8.89. The second-order valence-corrected chi connectivity index (χ2v) is 3.93. The Morgan fingerprint density at radius 1 is 1.50 bits per heavy atom. The third-order valence-corrected chi connectivity index (χ3v) is 2.76. The summed E-state index contributed by atoms with van der Waals surface area (Å²) in [6.07, 6.45) is 4.94. The van der Waals surface area contributed by atoms with Gasteiger partial charge in [-0.25, -0.2) is 0 Å². The molecule has 0 aliphatic heterocycles. The van der Waals surface area contributed by atoms with Gasteiger partial charge in [0, 0.05) is 0 Å². The van der Waals surface area contributed by atoms with E-state index in [1.807, 2.05) is 6.08 Å². The van der Waals surface area contributed by atoms with Crippen molar-refractivity contribution in [3.63, 3.8) is 0 Å². The Balaban J connectivity index is 2.47. The van der Waals surface area contributed by atoms with E-state index in [1.54, 1.807) is 0 Å². The normalized spacial score (nSPS) is 24.1. The highest BCUT2D eigenvalue weighted by Gasteiger charge is 2.22. The van der Waals surface area contributed by atoms with Gasteiger partial charge in [-0.1, -0.05) is 19.9 Å². The van der Waals surface area contributed by atoms with E-state index in [0.717, 1.165) is 30.7 Å². The van der Waals surface area contributed by atoms with E-state index in [4.69, 9.17) is 10.0 Å². The monoisotopic (exact) mass is 168 g/mol. The molecule has 0 saturated heterocycles. The van der Waals surface area contributed by atoms with E-state index >= 15 is 0 Å². The van der Waals surface area contributed by atoms with Crippen molar-refractivity contribution in [3.8, 4) is 0 Å². The number of hydrogen-bond donors (Lipinski definition) is 2. The number of allylic oxidation sites excluding steroid dienone is 2. The zero-order valence-electron chi connectivity index (χ0n) is 7.83. The summed E-state index contributed by atoms with van der Waals surface area (Å²) in [7, 11) is -1.22. The van der Waals surface area contributed by atoms with E-state index in [-0.39, 0.29) is 0 Å². The summed E-state index contributed by atoms with van der Waals surface area (Å²) in [6.45, 7) is 4.44. The first-order valence-electron chi connectivity index (χ1n) is 4.66. The summed E-state index contributed by atoms with van der Waals surface area (Å²) in [5.74, 6) is 1.44. The molecule has 0 radical (unpaired) electrons. The van der Waals surface area contributed by atoms with Crippen molar-refractivity contribution in [2.45, 2.75) is 33.1 Å².